The molecule has 0 N–H and O–H groups in total. The van der Waals surface area contributed by atoms with Crippen LogP contribution in [0.15, 0.2) is 0 Å². The lowest BCUT2D eigenvalue weighted by atomic mass is 10.5. The Morgan fingerprint density at radius 3 is 1.12 bits per heavy atom. The maximum absolute atomic E-state index is 3.29. The van der Waals surface area contributed by atoms with Crippen LogP contribution in [0, 0.1) is 89.8 Å². The van der Waals surface area contributed by atoms with Gasteiger partial charge in [0, 0.05) is 0 Å². The summed E-state index contributed by atoms with van der Waals surface area (Å²) in [6.07, 6.45) is 0. The summed E-state index contributed by atoms with van der Waals surface area (Å²) >= 11 is 0. The first kappa shape index (κ1) is 12.8. The molecule has 0 fully saturated rings. The van der Waals surface area contributed by atoms with Gasteiger partial charge < -0.3 is 0 Å². The molecule has 70 valence electrons. The first-order chi connectivity index (χ1) is 7.91. The van der Waals surface area contributed by atoms with E-state index in [4.69, 9.17) is 0 Å². The zero-order valence-corrected chi connectivity index (χ0v) is 8.71. The van der Waals surface area contributed by atoms with Crippen LogP contribution in [0.1, 0.15) is 6.92 Å². The fourth-order valence-electron chi connectivity index (χ4n) is 0.419. The Kier molecular flexibility index (Phi) is 9.42. The van der Waals surface area contributed by atoms with Crippen LogP contribution in [0.2, 0.25) is 0 Å². The van der Waals surface area contributed by atoms with Crippen molar-refractivity contribution >= 4 is 0 Å². The van der Waals surface area contributed by atoms with Crippen molar-refractivity contribution in [3.8, 4) is 82.9 Å². The summed E-state index contributed by atoms with van der Waals surface area (Å²) in [4.78, 5) is 0. The van der Waals surface area contributed by atoms with Crippen molar-refractivity contribution in [3.05, 3.63) is 6.92 Å². The second-order valence-corrected chi connectivity index (χ2v) is 1.93. The van der Waals surface area contributed by atoms with Crippen LogP contribution < -0.4 is 0 Å². The summed E-state index contributed by atoms with van der Waals surface area (Å²) in [7, 11) is 0. The molecule has 0 aliphatic carbocycles. The standard InChI is InChI=1S/C16H5/c1-3-5-7-9-11-13-15-16-14-12-10-8-6-4-2/h1H2,2H3/q-1. The highest BCUT2D eigenvalue weighted by atomic mass is 13.6. The van der Waals surface area contributed by atoms with Gasteiger partial charge in [0.25, 0.3) is 0 Å². The van der Waals surface area contributed by atoms with E-state index < -0.39 is 0 Å². The SMILES string of the molecule is [CH2-]C#CC#CC#CC#CC#CC#CC#CC. The largest absolute Gasteiger partial charge is 0.284 e. The van der Waals surface area contributed by atoms with Crippen molar-refractivity contribution in [2.75, 3.05) is 0 Å². The summed E-state index contributed by atoms with van der Waals surface area (Å²) in [6, 6.07) is 0. The van der Waals surface area contributed by atoms with Crippen molar-refractivity contribution in [1.29, 1.82) is 0 Å². The summed E-state index contributed by atoms with van der Waals surface area (Å²) < 4.78 is 0. The van der Waals surface area contributed by atoms with Crippen molar-refractivity contribution < 1.29 is 0 Å². The van der Waals surface area contributed by atoms with Gasteiger partial charge in [0.15, 0.2) is 0 Å². The minimum absolute atomic E-state index is 1.71. The second kappa shape index (κ2) is 11.8. The van der Waals surface area contributed by atoms with Crippen LogP contribution in [0.5, 0.6) is 0 Å². The average molecular weight is 197 g/mol. The Morgan fingerprint density at radius 2 is 0.812 bits per heavy atom. The Balaban J connectivity index is 4.23. The molecule has 0 heteroatoms. The van der Waals surface area contributed by atoms with Crippen molar-refractivity contribution in [3.63, 3.8) is 0 Å². The fraction of sp³-hybridized carbons (Fsp3) is 0.0625. The molecule has 0 aromatic rings. The molecular formula is C16H5-. The van der Waals surface area contributed by atoms with E-state index in [-0.39, 0.29) is 0 Å². The van der Waals surface area contributed by atoms with E-state index in [1.165, 1.54) is 0 Å². The van der Waals surface area contributed by atoms with Gasteiger partial charge in [-0.3, -0.25) is 5.92 Å². The molecule has 0 rings (SSSR count). The molecule has 0 radical (unpaired) electrons. The van der Waals surface area contributed by atoms with Gasteiger partial charge in [0.2, 0.25) is 0 Å². The van der Waals surface area contributed by atoms with Gasteiger partial charge in [-0.2, -0.15) is 6.92 Å². The average Bonchev–Trinajstić information content (AvgIpc) is 2.31. The van der Waals surface area contributed by atoms with Crippen LogP contribution >= 0.6 is 0 Å². The van der Waals surface area contributed by atoms with Gasteiger partial charge >= 0.3 is 0 Å². The van der Waals surface area contributed by atoms with Gasteiger partial charge in [-0.05, 0) is 66.1 Å². The summed E-state index contributed by atoms with van der Waals surface area (Å²) in [6.45, 7) is 5.00. The van der Waals surface area contributed by atoms with Crippen molar-refractivity contribution in [2.24, 2.45) is 0 Å². The Morgan fingerprint density at radius 1 is 0.500 bits per heavy atom. The van der Waals surface area contributed by atoms with E-state index >= 15 is 0 Å². The van der Waals surface area contributed by atoms with E-state index in [0.717, 1.165) is 0 Å². The molecule has 0 aliphatic heterocycles. The highest BCUT2D eigenvalue weighted by Crippen LogP contribution is 1.57. The lowest BCUT2D eigenvalue weighted by Gasteiger charge is -1.64. The Bertz CT molecular complexity index is 593. The third kappa shape index (κ3) is 10.8. The molecule has 0 nitrogen and oxygen atoms in total. The van der Waals surface area contributed by atoms with E-state index in [1.54, 1.807) is 6.92 Å². The zero-order valence-electron chi connectivity index (χ0n) is 8.71. The molecule has 16 heavy (non-hydrogen) atoms. The Labute approximate surface area is 97.2 Å². The zero-order chi connectivity index (χ0) is 11.9. The van der Waals surface area contributed by atoms with Crippen LogP contribution in [-0.4, -0.2) is 0 Å². The van der Waals surface area contributed by atoms with Crippen LogP contribution in [0.3, 0.4) is 0 Å². The number of hydrogen-bond acceptors (Lipinski definition) is 0. The van der Waals surface area contributed by atoms with E-state index in [9.17, 15) is 0 Å². The van der Waals surface area contributed by atoms with Crippen molar-refractivity contribution in [2.45, 2.75) is 6.92 Å². The molecule has 0 bridgehead atoms. The molecule has 0 unspecified atom stereocenters. The molecule has 0 atom stereocenters. The topological polar surface area (TPSA) is 0 Å². The molecule has 0 aliphatic rings. The lowest BCUT2D eigenvalue weighted by Crippen LogP contribution is -1.55. The molecule has 0 saturated carbocycles. The van der Waals surface area contributed by atoms with Gasteiger partial charge in [0.1, 0.15) is 0 Å². The third-order valence-electron chi connectivity index (χ3n) is 0.901. The number of rotatable bonds is 0. The first-order valence-electron chi connectivity index (χ1n) is 4.10. The van der Waals surface area contributed by atoms with E-state index in [0.29, 0.717) is 0 Å². The third-order valence-corrected chi connectivity index (χ3v) is 0.901. The van der Waals surface area contributed by atoms with Crippen LogP contribution in [0.4, 0.5) is 0 Å². The molecular weight excluding hydrogens is 192 g/mol. The molecule has 0 aromatic carbocycles. The van der Waals surface area contributed by atoms with Crippen LogP contribution in [-0.2, 0) is 0 Å². The van der Waals surface area contributed by atoms with Gasteiger partial charge in [-0.25, -0.2) is 5.92 Å². The van der Waals surface area contributed by atoms with Gasteiger partial charge in [-0.15, -0.1) is 5.92 Å². The van der Waals surface area contributed by atoms with Crippen LogP contribution in [0.25, 0.3) is 0 Å². The maximum Gasteiger partial charge on any atom is -0.00000000397 e. The fourth-order valence-corrected chi connectivity index (χ4v) is 0.419. The lowest BCUT2D eigenvalue weighted by molar-refractivity contribution is 1.92. The van der Waals surface area contributed by atoms with Gasteiger partial charge in [-0.1, -0.05) is 5.92 Å². The first-order valence-corrected chi connectivity index (χ1v) is 4.10. The Hall–Kier alpha value is -3.21. The molecule has 0 amide bonds. The molecule has 0 saturated heterocycles. The highest BCUT2D eigenvalue weighted by Gasteiger charge is 1.55. The van der Waals surface area contributed by atoms with E-state index in [2.05, 4.69) is 89.8 Å². The minimum atomic E-state index is 1.71. The molecule has 0 aromatic heterocycles. The smallest absolute Gasteiger partial charge is 0.00000000397 e. The summed E-state index contributed by atoms with van der Waals surface area (Å²) in [5.41, 5.74) is 0. The summed E-state index contributed by atoms with van der Waals surface area (Å²) in [5.74, 6) is 35.0. The minimum Gasteiger partial charge on any atom is -0.284 e. The number of hydrogen-bond donors (Lipinski definition) is 0. The normalized spacial score (nSPS) is 3.81. The second-order valence-electron chi connectivity index (χ2n) is 1.93. The quantitative estimate of drug-likeness (QED) is 0.399. The molecule has 0 heterocycles. The predicted molar refractivity (Wildman–Crippen MR) is 65.5 cm³/mol. The van der Waals surface area contributed by atoms with Crippen molar-refractivity contribution in [1.82, 2.24) is 0 Å². The highest BCUT2D eigenvalue weighted by molar-refractivity contribution is 5.45. The monoisotopic (exact) mass is 197 g/mol. The summed E-state index contributed by atoms with van der Waals surface area (Å²) in [5, 5.41) is 0. The van der Waals surface area contributed by atoms with E-state index in [1.807, 2.05) is 0 Å². The molecule has 0 spiro atoms. The predicted octanol–water partition coefficient (Wildman–Crippen LogP) is 0.864. The maximum atomic E-state index is 3.29. The van der Waals surface area contributed by atoms with Gasteiger partial charge in [0.05, 0.1) is 0 Å².